The molecule has 0 aromatic carbocycles. The Hall–Kier alpha value is -2.30. The number of fused-ring (bicyclic) bond motifs is 1. The summed E-state index contributed by atoms with van der Waals surface area (Å²) in [4.78, 5) is 26.4. The number of ether oxygens (including phenoxy) is 1. The van der Waals surface area contributed by atoms with Gasteiger partial charge in [-0.1, -0.05) is 43.1 Å². The predicted octanol–water partition coefficient (Wildman–Crippen LogP) is 3.06. The molecule has 5 aliphatic rings. The van der Waals surface area contributed by atoms with Crippen LogP contribution in [0.2, 0.25) is 0 Å². The fraction of sp³-hybridized carbons (Fsp3) is 0.720. The minimum atomic E-state index is -1.24. The number of halogens is 1. The van der Waals surface area contributed by atoms with Gasteiger partial charge in [0, 0.05) is 19.9 Å². The average Bonchev–Trinajstić information content (AvgIpc) is 3.42. The minimum absolute atomic E-state index is 0.229. The second kappa shape index (κ2) is 10.2. The molecule has 0 bridgehead atoms. The van der Waals surface area contributed by atoms with Crippen molar-refractivity contribution < 1.29 is 14.7 Å². The predicted molar refractivity (Wildman–Crippen MR) is 142 cm³/mol. The van der Waals surface area contributed by atoms with Gasteiger partial charge in [0.15, 0.2) is 11.7 Å². The molecule has 2 N–H and O–H groups in total. The number of rotatable bonds is 8. The summed E-state index contributed by atoms with van der Waals surface area (Å²) in [6.07, 6.45) is 8.32. The normalized spacial score (nSPS) is 34.0. The first-order valence-electron chi connectivity index (χ1n) is 12.9. The number of aliphatic hydroxyl groups excluding tert-OH is 1. The summed E-state index contributed by atoms with van der Waals surface area (Å²) in [5.41, 5.74) is -0.0836. The van der Waals surface area contributed by atoms with Gasteiger partial charge in [-0.05, 0) is 56.4 Å². The van der Waals surface area contributed by atoms with Crippen LogP contribution in [0.5, 0.6) is 0 Å². The molecule has 3 heterocycles. The number of hydrogen-bond acceptors (Lipinski definition) is 10. The van der Waals surface area contributed by atoms with E-state index in [1.165, 1.54) is 25.7 Å². The van der Waals surface area contributed by atoms with Crippen LogP contribution in [0.25, 0.3) is 0 Å². The van der Waals surface area contributed by atoms with E-state index in [2.05, 4.69) is 33.9 Å². The molecule has 3 aliphatic heterocycles. The molecule has 5 rings (SSSR count). The molecular formula is C25H36ClN7O3. The smallest absolute Gasteiger partial charge is 0.305 e. The second-order valence-electron chi connectivity index (χ2n) is 10.5. The number of hydrogen-bond donors (Lipinski definition) is 2. The van der Waals surface area contributed by atoms with E-state index < -0.39 is 18.1 Å². The first kappa shape index (κ1) is 25.4. The van der Waals surface area contributed by atoms with Crippen LogP contribution in [0, 0.1) is 11.8 Å². The minimum Gasteiger partial charge on any atom is -0.370 e. The van der Waals surface area contributed by atoms with Crippen molar-refractivity contribution in [3.8, 4) is 0 Å². The maximum absolute atomic E-state index is 9.74. The van der Waals surface area contributed by atoms with Gasteiger partial charge in [-0.2, -0.15) is 0 Å². The maximum Gasteiger partial charge on any atom is 0.305 e. The zero-order chi connectivity index (χ0) is 25.4. The number of nitrogens with zero attached hydrogens (tertiary/aromatic N) is 6. The molecule has 10 nitrogen and oxygen atoms in total. The van der Waals surface area contributed by atoms with E-state index in [0.717, 1.165) is 37.6 Å². The number of amidine groups is 4. The van der Waals surface area contributed by atoms with Crippen LogP contribution in [0.15, 0.2) is 37.3 Å². The van der Waals surface area contributed by atoms with Crippen LogP contribution in [-0.4, -0.2) is 82.8 Å². The molecule has 4 atom stereocenters. The van der Waals surface area contributed by atoms with Crippen LogP contribution in [0.1, 0.15) is 58.8 Å². The van der Waals surface area contributed by atoms with E-state index in [4.69, 9.17) is 36.2 Å². The molecule has 0 aromatic heterocycles. The molecule has 2 fully saturated rings. The Kier molecular flexibility index (Phi) is 7.20. The van der Waals surface area contributed by atoms with Crippen molar-refractivity contribution in [3.63, 3.8) is 0 Å². The number of aliphatic imine (C=N–C) groups is 4. The Morgan fingerprint density at radius 3 is 2.69 bits per heavy atom. The van der Waals surface area contributed by atoms with Gasteiger partial charge in [0.1, 0.15) is 29.0 Å². The van der Waals surface area contributed by atoms with E-state index in [0.29, 0.717) is 23.2 Å². The zero-order valence-corrected chi connectivity index (χ0v) is 22.0. The number of nitrogens with one attached hydrogen (secondary N) is 1. The second-order valence-corrected chi connectivity index (χ2v) is 11.2. The van der Waals surface area contributed by atoms with Gasteiger partial charge in [0.25, 0.3) is 0 Å². The molecule has 2 aliphatic carbocycles. The summed E-state index contributed by atoms with van der Waals surface area (Å²) in [6.45, 7) is 9.32. The highest BCUT2D eigenvalue weighted by Gasteiger charge is 2.53. The van der Waals surface area contributed by atoms with Crippen molar-refractivity contribution in [2.24, 2.45) is 37.0 Å². The van der Waals surface area contributed by atoms with E-state index in [9.17, 15) is 5.11 Å². The summed E-state index contributed by atoms with van der Waals surface area (Å²) in [6, 6.07) is -0.639. The topological polar surface area (TPSA) is 116 Å². The standard InChI is InChI=1S/C25H36ClN7O3/c1-14-6-8-17(9-7-14)13-33-19-18(15(2)12-27-16(3)26)28-21(22-31-24(34)36-32-22)29-20(19)30-23(33)25(35-4)10-5-11-25/h12,14,16-19,24,34H,2,5-11,13H2,1,3-4H3,(H,31,32)/b27-12-/t14-,16?,17-,18?,19-,24?/m0/s1. The Morgan fingerprint density at radius 1 is 1.36 bits per heavy atom. The van der Waals surface area contributed by atoms with Crippen LogP contribution >= 0.6 is 11.6 Å². The largest absolute Gasteiger partial charge is 0.370 e. The van der Waals surface area contributed by atoms with Crippen molar-refractivity contribution in [2.45, 2.75) is 88.4 Å². The summed E-state index contributed by atoms with van der Waals surface area (Å²) < 4.78 is 6.10. The number of methoxy groups -OCH3 is 1. The van der Waals surface area contributed by atoms with Gasteiger partial charge >= 0.3 is 6.41 Å². The van der Waals surface area contributed by atoms with Crippen molar-refractivity contribution in [3.05, 3.63) is 12.2 Å². The third kappa shape index (κ3) is 4.82. The van der Waals surface area contributed by atoms with Gasteiger partial charge in [-0.3, -0.25) is 9.98 Å². The number of aliphatic hydroxyl groups is 1. The van der Waals surface area contributed by atoms with Crippen molar-refractivity contribution in [1.29, 1.82) is 0 Å². The molecule has 0 aromatic rings. The van der Waals surface area contributed by atoms with Gasteiger partial charge in [0.05, 0.1) is 0 Å². The first-order chi connectivity index (χ1) is 17.3. The Morgan fingerprint density at radius 2 is 2.11 bits per heavy atom. The van der Waals surface area contributed by atoms with Crippen molar-refractivity contribution >= 4 is 41.2 Å². The summed E-state index contributed by atoms with van der Waals surface area (Å²) in [5.74, 6) is 3.51. The van der Waals surface area contributed by atoms with Gasteiger partial charge < -0.3 is 24.9 Å². The highest BCUT2D eigenvalue weighted by atomic mass is 35.5. The molecule has 2 saturated carbocycles. The molecular weight excluding hydrogens is 482 g/mol. The average molecular weight is 518 g/mol. The molecule has 0 spiro atoms. The SMILES string of the molecule is C=C(/C=N\C(C)Cl)C1N=C(C2=NOC(O)N2)N=C2N=C(C3(OC)CCC3)N(C[C@H]3CC[C@H](C)CC3)[C@H]21. The Balaban J connectivity index is 1.52. The first-order valence-corrected chi connectivity index (χ1v) is 13.4. The molecule has 11 heteroatoms. The van der Waals surface area contributed by atoms with Gasteiger partial charge in [-0.15, -0.1) is 0 Å². The summed E-state index contributed by atoms with van der Waals surface area (Å²) in [7, 11) is 1.77. The van der Waals surface area contributed by atoms with E-state index in [1.807, 2.05) is 0 Å². The van der Waals surface area contributed by atoms with Gasteiger partial charge in [0.2, 0.25) is 5.84 Å². The van der Waals surface area contributed by atoms with Crippen LogP contribution in [0.3, 0.4) is 0 Å². The third-order valence-corrected chi connectivity index (χ3v) is 8.08. The fourth-order valence-corrected chi connectivity index (χ4v) is 5.73. The summed E-state index contributed by atoms with van der Waals surface area (Å²) in [5, 5.41) is 16.4. The lowest BCUT2D eigenvalue weighted by Gasteiger charge is -2.46. The van der Waals surface area contributed by atoms with E-state index in [-0.39, 0.29) is 17.4 Å². The molecule has 36 heavy (non-hydrogen) atoms. The molecule has 0 saturated heterocycles. The maximum atomic E-state index is 9.74. The quantitative estimate of drug-likeness (QED) is 0.291. The fourth-order valence-electron chi connectivity index (χ4n) is 5.68. The van der Waals surface area contributed by atoms with E-state index >= 15 is 0 Å². The highest BCUT2D eigenvalue weighted by Crippen LogP contribution is 2.42. The Bertz CT molecular complexity index is 1020. The molecule has 0 amide bonds. The van der Waals surface area contributed by atoms with Gasteiger partial charge in [-0.25, -0.2) is 9.98 Å². The summed E-state index contributed by atoms with van der Waals surface area (Å²) >= 11 is 6.10. The highest BCUT2D eigenvalue weighted by molar-refractivity contribution is 6.43. The van der Waals surface area contributed by atoms with Crippen molar-refractivity contribution in [1.82, 2.24) is 10.2 Å². The van der Waals surface area contributed by atoms with Crippen LogP contribution in [-0.2, 0) is 9.57 Å². The monoisotopic (exact) mass is 517 g/mol. The van der Waals surface area contributed by atoms with Crippen LogP contribution in [0.4, 0.5) is 0 Å². The lowest BCUT2D eigenvalue weighted by Crippen LogP contribution is -2.58. The zero-order valence-electron chi connectivity index (χ0n) is 21.2. The molecule has 0 radical (unpaired) electrons. The third-order valence-electron chi connectivity index (χ3n) is 7.97. The molecule has 196 valence electrons. The number of alkyl halides is 1. The lowest BCUT2D eigenvalue weighted by atomic mass is 9.77. The van der Waals surface area contributed by atoms with Crippen LogP contribution < -0.4 is 5.32 Å². The Labute approximate surface area is 217 Å². The lowest BCUT2D eigenvalue weighted by molar-refractivity contribution is -0.0895. The molecule has 3 unspecified atom stereocenters. The van der Waals surface area contributed by atoms with E-state index in [1.54, 1.807) is 20.2 Å². The number of oxime groups is 1. The van der Waals surface area contributed by atoms with Crippen molar-refractivity contribution in [2.75, 3.05) is 13.7 Å².